The van der Waals surface area contributed by atoms with Gasteiger partial charge in [-0.15, -0.1) is 0 Å². The average Bonchev–Trinajstić information content (AvgIpc) is 2.15. The van der Waals surface area contributed by atoms with E-state index >= 15 is 0 Å². The van der Waals surface area contributed by atoms with Crippen molar-refractivity contribution in [2.75, 3.05) is 20.2 Å². The molecule has 1 aliphatic heterocycles. The van der Waals surface area contributed by atoms with E-state index in [-0.39, 0.29) is 0 Å². The predicted octanol–water partition coefficient (Wildman–Crippen LogP) is 1.18. The second-order valence-electron chi connectivity index (χ2n) is 2.93. The fourth-order valence-corrected chi connectivity index (χ4v) is 1.41. The van der Waals surface area contributed by atoms with E-state index in [9.17, 15) is 0 Å². The van der Waals surface area contributed by atoms with Crippen LogP contribution >= 0.6 is 0 Å². The number of ether oxygens (including phenoxy) is 1. The molecule has 3 nitrogen and oxygen atoms in total. The quantitative estimate of drug-likeness (QED) is 0.624. The highest BCUT2D eigenvalue weighted by atomic mass is 16.5. The van der Waals surface area contributed by atoms with Gasteiger partial charge in [0.2, 0.25) is 5.88 Å². The van der Waals surface area contributed by atoms with Crippen molar-refractivity contribution in [1.29, 1.82) is 0 Å². The van der Waals surface area contributed by atoms with Crippen LogP contribution in [0, 0.1) is 0 Å². The van der Waals surface area contributed by atoms with Gasteiger partial charge in [0, 0.05) is 13.1 Å². The van der Waals surface area contributed by atoms with Gasteiger partial charge in [0.15, 0.2) is 0 Å². The van der Waals surface area contributed by atoms with Crippen molar-refractivity contribution in [3.05, 3.63) is 11.6 Å². The molecule has 0 spiro atoms. The summed E-state index contributed by atoms with van der Waals surface area (Å²) in [4.78, 5) is 0. The van der Waals surface area contributed by atoms with Crippen LogP contribution in [0.3, 0.4) is 0 Å². The third kappa shape index (κ3) is 2.32. The normalized spacial score (nSPS) is 21.2. The van der Waals surface area contributed by atoms with Crippen molar-refractivity contribution in [1.82, 2.24) is 10.6 Å². The van der Waals surface area contributed by atoms with E-state index < -0.39 is 0 Å². The molecular formula is C9H18N2O. The van der Waals surface area contributed by atoms with Crippen molar-refractivity contribution in [2.45, 2.75) is 26.2 Å². The van der Waals surface area contributed by atoms with Gasteiger partial charge in [-0.05, 0) is 26.2 Å². The summed E-state index contributed by atoms with van der Waals surface area (Å²) in [5.41, 5.74) is 1.23. The summed E-state index contributed by atoms with van der Waals surface area (Å²) < 4.78 is 5.24. The van der Waals surface area contributed by atoms with Gasteiger partial charge in [0.1, 0.15) is 0 Å². The second-order valence-corrected chi connectivity index (χ2v) is 2.93. The van der Waals surface area contributed by atoms with Gasteiger partial charge >= 0.3 is 0 Å². The van der Waals surface area contributed by atoms with Crippen molar-refractivity contribution >= 4 is 0 Å². The van der Waals surface area contributed by atoms with E-state index in [1.807, 2.05) is 0 Å². The molecule has 0 radical (unpaired) electrons. The summed E-state index contributed by atoms with van der Waals surface area (Å²) in [7, 11) is 1.71. The second kappa shape index (κ2) is 4.91. The molecule has 1 rings (SSSR count). The van der Waals surface area contributed by atoms with Crippen molar-refractivity contribution < 1.29 is 4.74 Å². The molecule has 3 heteroatoms. The Morgan fingerprint density at radius 2 is 2.42 bits per heavy atom. The summed E-state index contributed by atoms with van der Waals surface area (Å²) >= 11 is 0. The Morgan fingerprint density at radius 1 is 1.58 bits per heavy atom. The van der Waals surface area contributed by atoms with E-state index in [1.54, 1.807) is 7.11 Å². The molecule has 0 aromatic rings. The van der Waals surface area contributed by atoms with Crippen LogP contribution in [0.15, 0.2) is 11.6 Å². The summed E-state index contributed by atoms with van der Waals surface area (Å²) in [6, 6.07) is 0. The first-order valence-corrected chi connectivity index (χ1v) is 4.63. The molecule has 0 aromatic carbocycles. The van der Waals surface area contributed by atoms with Crippen LogP contribution in [-0.2, 0) is 4.74 Å². The molecule has 1 heterocycles. The number of nitrogens with one attached hydrogen (secondary N) is 2. The highest BCUT2D eigenvalue weighted by Gasteiger charge is 2.09. The predicted molar refractivity (Wildman–Crippen MR) is 49.6 cm³/mol. The van der Waals surface area contributed by atoms with Gasteiger partial charge in [0.05, 0.1) is 12.8 Å². The number of hydrogen-bond acceptors (Lipinski definition) is 3. The lowest BCUT2D eigenvalue weighted by Crippen LogP contribution is -2.27. The van der Waals surface area contributed by atoms with E-state index in [4.69, 9.17) is 4.74 Å². The summed E-state index contributed by atoms with van der Waals surface area (Å²) in [5.74, 6) is 0.914. The lowest BCUT2D eigenvalue weighted by Gasteiger charge is -2.20. The Balaban J connectivity index is 2.55. The summed E-state index contributed by atoms with van der Waals surface area (Å²) in [6.07, 6.45) is 3.64. The topological polar surface area (TPSA) is 33.3 Å². The molecule has 0 aliphatic carbocycles. The highest BCUT2D eigenvalue weighted by molar-refractivity contribution is 5.06. The Kier molecular flexibility index (Phi) is 3.77. The number of methoxy groups -OCH3 is 1. The van der Waals surface area contributed by atoms with E-state index in [2.05, 4.69) is 17.6 Å². The summed E-state index contributed by atoms with van der Waals surface area (Å²) in [5, 5.41) is 6.54. The van der Waals surface area contributed by atoms with Crippen molar-refractivity contribution in [3.63, 3.8) is 0 Å². The molecule has 1 saturated heterocycles. The SMILES string of the molecule is CCN/C(OC)=C1\CCCCN1. The van der Waals surface area contributed by atoms with E-state index in [0.29, 0.717) is 0 Å². The van der Waals surface area contributed by atoms with Crippen LogP contribution in [0.1, 0.15) is 26.2 Å². The monoisotopic (exact) mass is 170 g/mol. The molecule has 70 valence electrons. The third-order valence-electron chi connectivity index (χ3n) is 2.01. The van der Waals surface area contributed by atoms with E-state index in [0.717, 1.165) is 25.4 Å². The maximum atomic E-state index is 5.24. The minimum absolute atomic E-state index is 0.911. The molecule has 1 fully saturated rings. The molecule has 0 aromatic heterocycles. The molecular weight excluding hydrogens is 152 g/mol. The van der Waals surface area contributed by atoms with Crippen LogP contribution in [0.5, 0.6) is 0 Å². The zero-order valence-electron chi connectivity index (χ0n) is 7.94. The standard InChI is InChI=1S/C9H18N2O/c1-3-10-9(12-2)8-6-4-5-7-11-8/h10-11H,3-7H2,1-2H3/b9-8-. The maximum absolute atomic E-state index is 5.24. The first kappa shape index (κ1) is 9.23. The van der Waals surface area contributed by atoms with Gasteiger partial charge in [-0.3, -0.25) is 0 Å². The molecule has 12 heavy (non-hydrogen) atoms. The third-order valence-corrected chi connectivity index (χ3v) is 2.01. The number of piperidine rings is 1. The van der Waals surface area contributed by atoms with Gasteiger partial charge in [-0.2, -0.15) is 0 Å². The molecule has 0 amide bonds. The highest BCUT2D eigenvalue weighted by Crippen LogP contribution is 2.13. The smallest absolute Gasteiger partial charge is 0.206 e. The van der Waals surface area contributed by atoms with Gasteiger partial charge < -0.3 is 15.4 Å². The number of allylic oxidation sites excluding steroid dienone is 1. The van der Waals surface area contributed by atoms with Crippen LogP contribution < -0.4 is 10.6 Å². The van der Waals surface area contributed by atoms with Crippen molar-refractivity contribution in [2.24, 2.45) is 0 Å². The molecule has 0 unspecified atom stereocenters. The Hall–Kier alpha value is -0.860. The average molecular weight is 170 g/mol. The fourth-order valence-electron chi connectivity index (χ4n) is 1.41. The lowest BCUT2D eigenvalue weighted by atomic mass is 10.1. The van der Waals surface area contributed by atoms with Crippen LogP contribution in [0.25, 0.3) is 0 Å². The molecule has 1 aliphatic rings. The molecule has 2 N–H and O–H groups in total. The van der Waals surface area contributed by atoms with E-state index in [1.165, 1.54) is 18.5 Å². The first-order chi connectivity index (χ1) is 5.88. The summed E-state index contributed by atoms with van der Waals surface area (Å²) in [6.45, 7) is 4.06. The fraction of sp³-hybridized carbons (Fsp3) is 0.778. The van der Waals surface area contributed by atoms with Gasteiger partial charge in [-0.25, -0.2) is 0 Å². The van der Waals surface area contributed by atoms with Crippen molar-refractivity contribution in [3.8, 4) is 0 Å². The van der Waals surface area contributed by atoms with Gasteiger partial charge in [0.25, 0.3) is 0 Å². The molecule has 0 atom stereocenters. The Morgan fingerprint density at radius 3 is 2.92 bits per heavy atom. The maximum Gasteiger partial charge on any atom is 0.206 e. The van der Waals surface area contributed by atoms with Crippen LogP contribution in [0.2, 0.25) is 0 Å². The largest absolute Gasteiger partial charge is 0.481 e. The molecule has 0 bridgehead atoms. The van der Waals surface area contributed by atoms with Gasteiger partial charge in [-0.1, -0.05) is 0 Å². The Bertz CT molecular complexity index is 152. The zero-order chi connectivity index (χ0) is 8.81. The minimum atomic E-state index is 0.911. The number of rotatable bonds is 3. The lowest BCUT2D eigenvalue weighted by molar-refractivity contribution is 0.250. The van der Waals surface area contributed by atoms with Crippen LogP contribution in [0.4, 0.5) is 0 Å². The first-order valence-electron chi connectivity index (χ1n) is 4.63. The Labute approximate surface area is 74.2 Å². The minimum Gasteiger partial charge on any atom is -0.481 e. The van der Waals surface area contributed by atoms with Crippen LogP contribution in [-0.4, -0.2) is 20.2 Å². The molecule has 0 saturated carbocycles. The zero-order valence-corrected chi connectivity index (χ0v) is 7.94. The number of hydrogen-bond donors (Lipinski definition) is 2.